The Balaban J connectivity index is 1.67. The first kappa shape index (κ1) is 21.8. The maximum atomic E-state index is 13.8. The minimum atomic E-state index is -4.91. The lowest BCUT2D eigenvalue weighted by Gasteiger charge is -2.13. The molecule has 0 aliphatic heterocycles. The number of hydrogen-bond acceptors (Lipinski definition) is 5. The Bertz CT molecular complexity index is 1320. The molecule has 3 heterocycles. The van der Waals surface area contributed by atoms with E-state index >= 15 is 0 Å². The molecule has 0 aliphatic rings. The number of hydrogen-bond donors (Lipinski definition) is 2. The Morgan fingerprint density at radius 2 is 1.97 bits per heavy atom. The maximum absolute atomic E-state index is 13.8. The van der Waals surface area contributed by atoms with Crippen molar-refractivity contribution in [2.24, 2.45) is 0 Å². The summed E-state index contributed by atoms with van der Waals surface area (Å²) < 4.78 is 41.9. The second kappa shape index (κ2) is 8.24. The molecular formula is C19H12Cl2F3N7O. The monoisotopic (exact) mass is 481 g/mol. The molecule has 13 heteroatoms. The SMILES string of the molecule is Cc1nc(-c2ccc(NC(=O)c3cnn(-c4ncccc4Cl)c3C(F)(F)F)cc2Cl)n[nH]1. The number of nitrogens with zero attached hydrogens (tertiary/aromatic N) is 5. The number of alkyl halides is 3. The summed E-state index contributed by atoms with van der Waals surface area (Å²) in [4.78, 5) is 20.7. The van der Waals surface area contributed by atoms with Crippen molar-refractivity contribution in [2.75, 3.05) is 5.32 Å². The highest BCUT2D eigenvalue weighted by atomic mass is 35.5. The number of halogens is 5. The minimum absolute atomic E-state index is 0.0577. The zero-order chi connectivity index (χ0) is 23.0. The van der Waals surface area contributed by atoms with E-state index < -0.39 is 23.3 Å². The molecule has 8 nitrogen and oxygen atoms in total. The summed E-state index contributed by atoms with van der Waals surface area (Å²) in [5, 5.41) is 12.9. The highest BCUT2D eigenvalue weighted by molar-refractivity contribution is 6.33. The Morgan fingerprint density at radius 3 is 2.59 bits per heavy atom. The Kier molecular flexibility index (Phi) is 5.61. The van der Waals surface area contributed by atoms with Crippen LogP contribution in [0.3, 0.4) is 0 Å². The van der Waals surface area contributed by atoms with E-state index in [0.29, 0.717) is 21.9 Å². The second-order valence-corrected chi connectivity index (χ2v) is 7.33. The van der Waals surface area contributed by atoms with Gasteiger partial charge in [-0.3, -0.25) is 9.89 Å². The van der Waals surface area contributed by atoms with Gasteiger partial charge in [-0.25, -0.2) is 14.6 Å². The molecule has 0 atom stereocenters. The zero-order valence-electron chi connectivity index (χ0n) is 16.1. The standard InChI is InChI=1S/C19H12Cl2F3N7O/c1-9-27-16(30-29-9)11-5-4-10(7-14(11)21)28-18(32)12-8-26-31(15(12)19(22,23)24)17-13(20)3-2-6-25-17/h2-8H,1H3,(H,28,32)(H,27,29,30). The van der Waals surface area contributed by atoms with E-state index in [1.165, 1.54) is 30.5 Å². The third kappa shape index (κ3) is 4.16. The summed E-state index contributed by atoms with van der Waals surface area (Å²) in [5.41, 5.74) is -1.35. The van der Waals surface area contributed by atoms with Crippen molar-refractivity contribution in [1.29, 1.82) is 0 Å². The number of H-pyrrole nitrogens is 1. The number of amides is 1. The molecule has 4 aromatic rings. The number of carbonyl (C=O) groups is 1. The number of aromatic nitrogens is 6. The highest BCUT2D eigenvalue weighted by Gasteiger charge is 2.41. The quantitative estimate of drug-likeness (QED) is 0.429. The lowest BCUT2D eigenvalue weighted by molar-refractivity contribution is -0.143. The molecule has 164 valence electrons. The number of nitrogens with one attached hydrogen (secondary N) is 2. The van der Waals surface area contributed by atoms with Crippen LogP contribution >= 0.6 is 23.2 Å². The van der Waals surface area contributed by atoms with Crippen LogP contribution in [0.25, 0.3) is 17.2 Å². The lowest BCUT2D eigenvalue weighted by Crippen LogP contribution is -2.21. The van der Waals surface area contributed by atoms with Gasteiger partial charge in [0, 0.05) is 17.4 Å². The van der Waals surface area contributed by atoms with Crippen LogP contribution in [0.2, 0.25) is 10.0 Å². The minimum Gasteiger partial charge on any atom is -0.322 e. The molecule has 4 rings (SSSR count). The molecule has 0 saturated carbocycles. The normalized spacial score (nSPS) is 11.6. The van der Waals surface area contributed by atoms with Gasteiger partial charge in [-0.2, -0.15) is 23.4 Å². The highest BCUT2D eigenvalue weighted by Crippen LogP contribution is 2.35. The second-order valence-electron chi connectivity index (χ2n) is 6.52. The molecule has 0 aliphatic carbocycles. The van der Waals surface area contributed by atoms with Gasteiger partial charge in [0.25, 0.3) is 5.91 Å². The third-order valence-electron chi connectivity index (χ3n) is 4.29. The van der Waals surface area contributed by atoms with Crippen LogP contribution in [0.4, 0.5) is 18.9 Å². The van der Waals surface area contributed by atoms with Gasteiger partial charge in [-0.15, -0.1) is 0 Å². The van der Waals surface area contributed by atoms with Crippen LogP contribution in [0.1, 0.15) is 21.9 Å². The molecular weight excluding hydrogens is 470 g/mol. The number of benzene rings is 1. The average molecular weight is 482 g/mol. The summed E-state index contributed by atoms with van der Waals surface area (Å²) >= 11 is 12.2. The largest absolute Gasteiger partial charge is 0.434 e. The van der Waals surface area contributed by atoms with Crippen molar-refractivity contribution in [2.45, 2.75) is 13.1 Å². The number of aromatic amines is 1. The fraction of sp³-hybridized carbons (Fsp3) is 0.105. The van der Waals surface area contributed by atoms with Gasteiger partial charge >= 0.3 is 6.18 Å². The summed E-state index contributed by atoms with van der Waals surface area (Å²) in [5.74, 6) is -0.362. The predicted octanol–water partition coefficient (Wildman–Crippen LogP) is 4.94. The molecule has 0 saturated heterocycles. The van der Waals surface area contributed by atoms with Crippen molar-refractivity contribution in [3.8, 4) is 17.2 Å². The number of anilines is 1. The molecule has 0 spiro atoms. The summed E-state index contributed by atoms with van der Waals surface area (Å²) in [7, 11) is 0. The van der Waals surface area contributed by atoms with Crippen molar-refractivity contribution >= 4 is 34.8 Å². The first-order chi connectivity index (χ1) is 15.1. The third-order valence-corrected chi connectivity index (χ3v) is 4.89. The van der Waals surface area contributed by atoms with Gasteiger partial charge in [0.15, 0.2) is 17.3 Å². The topological polar surface area (TPSA) is 101 Å². The van der Waals surface area contributed by atoms with E-state index in [-0.39, 0.29) is 21.6 Å². The van der Waals surface area contributed by atoms with Crippen LogP contribution in [0, 0.1) is 6.92 Å². The van der Waals surface area contributed by atoms with Gasteiger partial charge in [-0.05, 0) is 37.3 Å². The maximum Gasteiger partial charge on any atom is 0.434 e. The van der Waals surface area contributed by atoms with Crippen molar-refractivity contribution in [3.63, 3.8) is 0 Å². The fourth-order valence-corrected chi connectivity index (χ4v) is 3.38. The van der Waals surface area contributed by atoms with Gasteiger partial charge in [0.1, 0.15) is 5.82 Å². The van der Waals surface area contributed by atoms with Crippen LogP contribution in [-0.4, -0.2) is 35.9 Å². The first-order valence-electron chi connectivity index (χ1n) is 8.91. The summed E-state index contributed by atoms with van der Waals surface area (Å²) in [6.45, 7) is 1.72. The molecule has 1 amide bonds. The van der Waals surface area contributed by atoms with E-state index in [4.69, 9.17) is 23.2 Å². The molecule has 0 unspecified atom stereocenters. The number of aryl methyl sites for hydroxylation is 1. The van der Waals surface area contributed by atoms with E-state index in [1.54, 1.807) is 13.0 Å². The Morgan fingerprint density at radius 1 is 1.19 bits per heavy atom. The van der Waals surface area contributed by atoms with E-state index in [0.717, 1.165) is 6.20 Å². The Labute approximate surface area is 188 Å². The van der Waals surface area contributed by atoms with Crippen molar-refractivity contribution < 1.29 is 18.0 Å². The van der Waals surface area contributed by atoms with Crippen LogP contribution in [0.15, 0.2) is 42.7 Å². The van der Waals surface area contributed by atoms with Crippen LogP contribution in [0.5, 0.6) is 0 Å². The predicted molar refractivity (Wildman–Crippen MR) is 111 cm³/mol. The molecule has 0 radical (unpaired) electrons. The number of pyridine rings is 1. The van der Waals surface area contributed by atoms with E-state index in [1.807, 2.05) is 0 Å². The molecule has 0 fully saturated rings. The van der Waals surface area contributed by atoms with Crippen LogP contribution < -0.4 is 5.32 Å². The molecule has 3 aromatic heterocycles. The lowest BCUT2D eigenvalue weighted by atomic mass is 10.1. The van der Waals surface area contributed by atoms with Crippen molar-refractivity contribution in [3.05, 3.63) is 69.9 Å². The zero-order valence-corrected chi connectivity index (χ0v) is 17.6. The molecule has 32 heavy (non-hydrogen) atoms. The van der Waals surface area contributed by atoms with E-state index in [2.05, 4.69) is 30.6 Å². The fourth-order valence-electron chi connectivity index (χ4n) is 2.92. The smallest absolute Gasteiger partial charge is 0.322 e. The van der Waals surface area contributed by atoms with Gasteiger partial charge < -0.3 is 5.32 Å². The summed E-state index contributed by atoms with van der Waals surface area (Å²) in [6, 6.07) is 7.22. The van der Waals surface area contributed by atoms with Gasteiger partial charge in [-0.1, -0.05) is 23.2 Å². The van der Waals surface area contributed by atoms with E-state index in [9.17, 15) is 18.0 Å². The van der Waals surface area contributed by atoms with Crippen molar-refractivity contribution in [1.82, 2.24) is 29.9 Å². The molecule has 2 N–H and O–H groups in total. The number of carbonyl (C=O) groups excluding carboxylic acids is 1. The Hall–Kier alpha value is -3.44. The summed E-state index contributed by atoms with van der Waals surface area (Å²) in [6.07, 6.45) is -2.84. The number of rotatable bonds is 4. The van der Waals surface area contributed by atoms with Crippen LogP contribution in [-0.2, 0) is 6.18 Å². The van der Waals surface area contributed by atoms with Gasteiger partial charge in [0.2, 0.25) is 0 Å². The molecule has 1 aromatic carbocycles. The first-order valence-corrected chi connectivity index (χ1v) is 9.67. The average Bonchev–Trinajstić information content (AvgIpc) is 3.35. The molecule has 0 bridgehead atoms. The van der Waals surface area contributed by atoms with Gasteiger partial charge in [0.05, 0.1) is 21.8 Å².